The van der Waals surface area contributed by atoms with Gasteiger partial charge < -0.3 is 19.9 Å². The van der Waals surface area contributed by atoms with Gasteiger partial charge in [-0.3, -0.25) is 24.1 Å². The summed E-state index contributed by atoms with van der Waals surface area (Å²) in [6, 6.07) is 5.83. The van der Waals surface area contributed by atoms with E-state index in [4.69, 9.17) is 5.10 Å². The van der Waals surface area contributed by atoms with Crippen LogP contribution in [0.1, 0.15) is 63.1 Å². The van der Waals surface area contributed by atoms with Gasteiger partial charge in [0.2, 0.25) is 0 Å². The fourth-order valence-corrected chi connectivity index (χ4v) is 6.71. The number of nitrogens with one attached hydrogen (secondary N) is 1. The quantitative estimate of drug-likeness (QED) is 0.437. The number of aldehydes is 1. The van der Waals surface area contributed by atoms with E-state index >= 15 is 0 Å². The standard InChI is InChI=1S/C31H36N8O3/c1-3-36-12-13-39-22(18-36)16-28(34-39)33-26-14-20(17-35(2)31(26)42)23-7-9-32-29(25(23)19-40)38-11-8-27-24(30(38)41)15-21-6-4-5-10-37(21)27/h7,9,14-17,19,31,42H,3-6,8,10-13,18H2,1-2H3,(H,33,34). The molecule has 0 aliphatic carbocycles. The molecule has 11 nitrogen and oxygen atoms in total. The molecule has 0 spiro atoms. The molecule has 2 N–H and O–H groups in total. The first-order valence-electron chi connectivity index (χ1n) is 14.8. The van der Waals surface area contributed by atoms with Gasteiger partial charge in [-0.05, 0) is 49.6 Å². The zero-order chi connectivity index (χ0) is 29.0. The summed E-state index contributed by atoms with van der Waals surface area (Å²) in [6.45, 7) is 7.18. The van der Waals surface area contributed by atoms with E-state index < -0.39 is 6.23 Å². The number of hydrogen-bond acceptors (Lipinski definition) is 8. The highest BCUT2D eigenvalue weighted by atomic mass is 16.3. The first-order valence-corrected chi connectivity index (χ1v) is 14.8. The van der Waals surface area contributed by atoms with Crippen molar-refractivity contribution in [1.82, 2.24) is 29.1 Å². The molecule has 7 rings (SSSR count). The van der Waals surface area contributed by atoms with Crippen LogP contribution in [-0.2, 0) is 32.5 Å². The van der Waals surface area contributed by atoms with Gasteiger partial charge in [0.05, 0.1) is 29.1 Å². The van der Waals surface area contributed by atoms with Crippen molar-refractivity contribution in [3.05, 3.63) is 76.1 Å². The van der Waals surface area contributed by atoms with Gasteiger partial charge in [0.15, 0.2) is 18.3 Å². The molecule has 3 aromatic rings. The van der Waals surface area contributed by atoms with E-state index in [1.54, 1.807) is 35.3 Å². The maximum absolute atomic E-state index is 13.7. The van der Waals surface area contributed by atoms with Crippen molar-refractivity contribution in [2.75, 3.05) is 36.9 Å². The fraction of sp³-hybridized carbons (Fsp3) is 0.419. The van der Waals surface area contributed by atoms with E-state index in [0.29, 0.717) is 35.0 Å². The number of likely N-dealkylation sites (N-methyl/N-ethyl adjacent to an activating group) is 2. The second kappa shape index (κ2) is 10.6. The molecule has 1 amide bonds. The molecule has 0 bridgehead atoms. The van der Waals surface area contributed by atoms with Crippen LogP contribution in [0.4, 0.5) is 11.6 Å². The van der Waals surface area contributed by atoms with Crippen LogP contribution >= 0.6 is 0 Å². The Morgan fingerprint density at radius 3 is 2.81 bits per heavy atom. The van der Waals surface area contributed by atoms with Gasteiger partial charge in [-0.1, -0.05) is 6.92 Å². The number of nitrogens with zero attached hydrogens (tertiary/aromatic N) is 7. The summed E-state index contributed by atoms with van der Waals surface area (Å²) in [4.78, 5) is 36.6. The summed E-state index contributed by atoms with van der Waals surface area (Å²) in [7, 11) is 1.78. The van der Waals surface area contributed by atoms with E-state index in [1.807, 2.05) is 22.9 Å². The van der Waals surface area contributed by atoms with E-state index in [-0.39, 0.29) is 5.91 Å². The lowest BCUT2D eigenvalue weighted by Gasteiger charge is -2.31. The summed E-state index contributed by atoms with van der Waals surface area (Å²) in [6.07, 6.45) is 9.13. The Morgan fingerprint density at radius 1 is 1.10 bits per heavy atom. The SMILES string of the molecule is CCN1CCn2nc(NC3=CC(c4ccnc(N5CCc6c(cc7n6CCCC7)C5=O)c4C=O)=CN(C)C3O)cc2C1. The lowest BCUT2D eigenvalue weighted by atomic mass is 9.97. The predicted octanol–water partition coefficient (Wildman–Crippen LogP) is 2.87. The van der Waals surface area contributed by atoms with Crippen LogP contribution in [0.3, 0.4) is 0 Å². The molecule has 11 heteroatoms. The predicted molar refractivity (Wildman–Crippen MR) is 159 cm³/mol. The number of carbonyl (C=O) groups excluding carboxylic acids is 2. The summed E-state index contributed by atoms with van der Waals surface area (Å²) >= 11 is 0. The Morgan fingerprint density at radius 2 is 1.98 bits per heavy atom. The van der Waals surface area contributed by atoms with Crippen LogP contribution in [0, 0.1) is 0 Å². The first-order chi connectivity index (χ1) is 20.4. The number of rotatable bonds is 6. The van der Waals surface area contributed by atoms with Gasteiger partial charge in [-0.15, -0.1) is 0 Å². The van der Waals surface area contributed by atoms with Gasteiger partial charge in [0, 0.05) is 75.1 Å². The third-order valence-electron chi connectivity index (χ3n) is 8.97. The number of amides is 1. The molecule has 1 atom stereocenters. The number of aliphatic hydroxyl groups excluding tert-OH is 1. The molecule has 0 aromatic carbocycles. The molecule has 3 aromatic heterocycles. The average Bonchev–Trinajstić information content (AvgIpc) is 3.60. The fourth-order valence-electron chi connectivity index (χ4n) is 6.71. The maximum atomic E-state index is 13.7. The van der Waals surface area contributed by atoms with Crippen molar-refractivity contribution < 1.29 is 14.7 Å². The number of anilines is 2. The number of aliphatic hydroxyl groups is 1. The molecular weight excluding hydrogens is 532 g/mol. The lowest BCUT2D eigenvalue weighted by Crippen LogP contribution is -2.39. The summed E-state index contributed by atoms with van der Waals surface area (Å²) in [5, 5.41) is 19.0. The van der Waals surface area contributed by atoms with Crippen LogP contribution in [0.15, 0.2) is 42.4 Å². The Balaban J connectivity index is 1.20. The molecule has 4 aliphatic heterocycles. The minimum Gasteiger partial charge on any atom is -0.368 e. The number of aromatic nitrogens is 4. The number of pyridine rings is 1. The number of carbonyl (C=O) groups is 2. The maximum Gasteiger partial charge on any atom is 0.261 e. The van der Waals surface area contributed by atoms with Crippen LogP contribution in [0.2, 0.25) is 0 Å². The van der Waals surface area contributed by atoms with Crippen molar-refractivity contribution >= 4 is 29.4 Å². The Kier molecular flexibility index (Phi) is 6.70. The van der Waals surface area contributed by atoms with Crippen molar-refractivity contribution in [2.45, 2.75) is 58.5 Å². The zero-order valence-corrected chi connectivity index (χ0v) is 24.1. The van der Waals surface area contributed by atoms with Gasteiger partial charge in [-0.2, -0.15) is 5.10 Å². The van der Waals surface area contributed by atoms with Crippen molar-refractivity contribution in [3.8, 4) is 0 Å². The first kappa shape index (κ1) is 26.7. The normalized spacial score (nSPS) is 20.5. The van der Waals surface area contributed by atoms with Crippen LogP contribution in [0.5, 0.6) is 0 Å². The largest absolute Gasteiger partial charge is 0.368 e. The van der Waals surface area contributed by atoms with E-state index in [9.17, 15) is 14.7 Å². The van der Waals surface area contributed by atoms with Gasteiger partial charge in [0.1, 0.15) is 5.82 Å². The summed E-state index contributed by atoms with van der Waals surface area (Å²) in [5.74, 6) is 0.917. The molecule has 4 aliphatic rings. The monoisotopic (exact) mass is 568 g/mol. The van der Waals surface area contributed by atoms with Crippen molar-refractivity contribution in [1.29, 1.82) is 0 Å². The van der Waals surface area contributed by atoms with E-state index in [2.05, 4.69) is 26.7 Å². The highest BCUT2D eigenvalue weighted by Crippen LogP contribution is 2.34. The second-order valence-corrected chi connectivity index (χ2v) is 11.5. The molecule has 0 radical (unpaired) electrons. The molecule has 0 saturated carbocycles. The smallest absolute Gasteiger partial charge is 0.261 e. The van der Waals surface area contributed by atoms with E-state index in [1.165, 1.54) is 5.69 Å². The van der Waals surface area contributed by atoms with Gasteiger partial charge in [-0.25, -0.2) is 4.98 Å². The van der Waals surface area contributed by atoms with E-state index in [0.717, 1.165) is 87.2 Å². The number of fused-ring (bicyclic) bond motifs is 4. The summed E-state index contributed by atoms with van der Waals surface area (Å²) < 4.78 is 4.31. The van der Waals surface area contributed by atoms with Crippen LogP contribution < -0.4 is 10.2 Å². The number of aryl methyl sites for hydroxylation is 1. The average molecular weight is 569 g/mol. The highest BCUT2D eigenvalue weighted by molar-refractivity contribution is 6.10. The zero-order valence-electron chi connectivity index (χ0n) is 24.1. The Hall–Kier alpha value is -4.22. The third-order valence-corrected chi connectivity index (χ3v) is 8.97. The molecule has 218 valence electrons. The van der Waals surface area contributed by atoms with Crippen molar-refractivity contribution in [3.63, 3.8) is 0 Å². The minimum absolute atomic E-state index is 0.112. The highest BCUT2D eigenvalue weighted by Gasteiger charge is 2.33. The molecule has 1 unspecified atom stereocenters. The molecule has 0 saturated heterocycles. The second-order valence-electron chi connectivity index (χ2n) is 11.5. The Labute approximate surface area is 244 Å². The Bertz CT molecular complexity index is 1630. The lowest BCUT2D eigenvalue weighted by molar-refractivity contribution is 0.0878. The minimum atomic E-state index is -0.913. The molecule has 42 heavy (non-hydrogen) atoms. The van der Waals surface area contributed by atoms with Gasteiger partial charge in [0.25, 0.3) is 5.91 Å². The topological polar surface area (TPSA) is 112 Å². The summed E-state index contributed by atoms with van der Waals surface area (Å²) in [5.41, 5.74) is 6.43. The number of allylic oxidation sites excluding steroid dienone is 2. The van der Waals surface area contributed by atoms with Crippen LogP contribution in [-0.4, -0.2) is 79.3 Å². The molecule has 0 fully saturated rings. The molecular formula is C31H36N8O3. The van der Waals surface area contributed by atoms with Crippen LogP contribution in [0.25, 0.3) is 5.57 Å². The molecule has 7 heterocycles. The van der Waals surface area contributed by atoms with Gasteiger partial charge >= 0.3 is 0 Å². The van der Waals surface area contributed by atoms with Crippen molar-refractivity contribution in [2.24, 2.45) is 0 Å². The third kappa shape index (κ3) is 4.44. The number of hydrogen-bond donors (Lipinski definition) is 2.